The lowest BCUT2D eigenvalue weighted by Gasteiger charge is -2.29. The Bertz CT molecular complexity index is 356. The third-order valence-electron chi connectivity index (χ3n) is 2.24. The van der Waals surface area contributed by atoms with Crippen LogP contribution in [-0.4, -0.2) is 47.4 Å². The Labute approximate surface area is 90.4 Å². The van der Waals surface area contributed by atoms with Crippen molar-refractivity contribution in [1.82, 2.24) is 16.0 Å². The van der Waals surface area contributed by atoms with E-state index in [1.165, 1.54) is 0 Å². The molecule has 1 aliphatic heterocycles. The largest absolute Gasteiger partial charge is 0.479 e. The van der Waals surface area contributed by atoms with E-state index in [1.807, 2.05) is 5.32 Å². The number of rotatable bonds is 4. The molecule has 16 heavy (non-hydrogen) atoms. The van der Waals surface area contributed by atoms with E-state index < -0.39 is 29.5 Å². The molecular weight excluding hydrogens is 218 g/mol. The summed E-state index contributed by atoms with van der Waals surface area (Å²) in [7, 11) is 0. The van der Waals surface area contributed by atoms with Gasteiger partial charge in [-0.1, -0.05) is 0 Å². The van der Waals surface area contributed by atoms with E-state index in [0.717, 1.165) is 6.92 Å². The van der Waals surface area contributed by atoms with E-state index in [2.05, 4.69) is 10.6 Å². The summed E-state index contributed by atoms with van der Waals surface area (Å²) in [4.78, 5) is 43.8. The molecule has 0 aromatic carbocycles. The van der Waals surface area contributed by atoms with Crippen LogP contribution in [0.25, 0.3) is 0 Å². The van der Waals surface area contributed by atoms with E-state index >= 15 is 0 Å². The molecule has 2 atom stereocenters. The Morgan fingerprint density at radius 1 is 1.62 bits per heavy atom. The third-order valence-corrected chi connectivity index (χ3v) is 2.24. The van der Waals surface area contributed by atoms with Crippen LogP contribution in [0.2, 0.25) is 0 Å². The average molecular weight is 229 g/mol. The lowest BCUT2D eigenvalue weighted by atomic mass is 9.92. The van der Waals surface area contributed by atoms with Gasteiger partial charge in [0, 0.05) is 13.5 Å². The normalized spacial score (nSPS) is 22.6. The third kappa shape index (κ3) is 1.95. The van der Waals surface area contributed by atoms with Crippen molar-refractivity contribution in [3.63, 3.8) is 0 Å². The number of urea groups is 1. The van der Waals surface area contributed by atoms with Gasteiger partial charge in [0.2, 0.25) is 11.4 Å². The first-order valence-electron chi connectivity index (χ1n) is 4.45. The van der Waals surface area contributed by atoms with Gasteiger partial charge in [0.05, 0.1) is 6.04 Å². The smallest absolute Gasteiger partial charge is 0.339 e. The summed E-state index contributed by atoms with van der Waals surface area (Å²) in [6.07, 6.45) is 0.106. The number of carbonyl (C=O) groups excluding carboxylic acids is 3. The molecule has 3 amide bonds. The number of carbonyl (C=O) groups is 4. The molecular formula is C8H11N3O5. The minimum absolute atomic E-state index is 0.0514. The first-order chi connectivity index (χ1) is 7.42. The fourth-order valence-corrected chi connectivity index (χ4v) is 1.47. The van der Waals surface area contributed by atoms with Gasteiger partial charge in [-0.05, 0) is 0 Å². The molecule has 2 unspecified atom stereocenters. The molecule has 1 saturated heterocycles. The highest BCUT2D eigenvalue weighted by molar-refractivity contribution is 6.03. The summed E-state index contributed by atoms with van der Waals surface area (Å²) < 4.78 is 0. The summed E-state index contributed by atoms with van der Waals surface area (Å²) in [6.45, 7) is 1.04. The molecule has 0 aliphatic carbocycles. The highest BCUT2D eigenvalue weighted by atomic mass is 16.4. The Morgan fingerprint density at radius 2 is 2.25 bits per heavy atom. The quantitative estimate of drug-likeness (QED) is 0.322. The SMILES string of the molecule is CC(=O)NC(C=O)(C(=O)O)C1CNC(=O)N1. The molecule has 1 heterocycles. The van der Waals surface area contributed by atoms with Crippen molar-refractivity contribution < 1.29 is 24.3 Å². The topological polar surface area (TPSA) is 125 Å². The van der Waals surface area contributed by atoms with Crippen LogP contribution in [0.1, 0.15) is 6.92 Å². The van der Waals surface area contributed by atoms with Crippen LogP contribution in [0.5, 0.6) is 0 Å². The van der Waals surface area contributed by atoms with Crippen molar-refractivity contribution in [2.45, 2.75) is 18.5 Å². The zero-order chi connectivity index (χ0) is 12.3. The maximum absolute atomic E-state index is 11.1. The lowest BCUT2D eigenvalue weighted by Crippen LogP contribution is -2.66. The minimum Gasteiger partial charge on any atom is -0.479 e. The summed E-state index contributed by atoms with van der Waals surface area (Å²) >= 11 is 0. The van der Waals surface area contributed by atoms with E-state index in [1.54, 1.807) is 0 Å². The fourth-order valence-electron chi connectivity index (χ4n) is 1.47. The predicted molar refractivity (Wildman–Crippen MR) is 50.6 cm³/mol. The second kappa shape index (κ2) is 4.17. The fraction of sp³-hybridized carbons (Fsp3) is 0.500. The first kappa shape index (κ1) is 12.0. The van der Waals surface area contributed by atoms with Crippen LogP contribution >= 0.6 is 0 Å². The van der Waals surface area contributed by atoms with Gasteiger partial charge in [-0.2, -0.15) is 0 Å². The molecule has 0 bridgehead atoms. The van der Waals surface area contributed by atoms with Crippen molar-refractivity contribution in [3.8, 4) is 0 Å². The van der Waals surface area contributed by atoms with Gasteiger partial charge in [0.1, 0.15) is 0 Å². The van der Waals surface area contributed by atoms with Crippen molar-refractivity contribution >= 4 is 24.2 Å². The molecule has 0 radical (unpaired) electrons. The monoisotopic (exact) mass is 229 g/mol. The van der Waals surface area contributed by atoms with Crippen molar-refractivity contribution in [2.75, 3.05) is 6.54 Å². The Hall–Kier alpha value is -2.12. The summed E-state index contributed by atoms with van der Waals surface area (Å²) in [5.74, 6) is -2.19. The molecule has 1 fully saturated rings. The second-order valence-corrected chi connectivity index (χ2v) is 3.38. The van der Waals surface area contributed by atoms with Crippen LogP contribution in [0.15, 0.2) is 0 Å². The molecule has 0 saturated carbocycles. The van der Waals surface area contributed by atoms with Crippen molar-refractivity contribution in [2.24, 2.45) is 0 Å². The number of hydrogen-bond acceptors (Lipinski definition) is 4. The molecule has 0 aromatic rings. The van der Waals surface area contributed by atoms with Gasteiger partial charge in [-0.15, -0.1) is 0 Å². The molecule has 8 nitrogen and oxygen atoms in total. The number of carboxylic acid groups (broad SMARTS) is 1. The number of nitrogens with one attached hydrogen (secondary N) is 3. The molecule has 4 N–H and O–H groups in total. The van der Waals surface area contributed by atoms with E-state index in [0.29, 0.717) is 0 Å². The van der Waals surface area contributed by atoms with Crippen LogP contribution in [0.3, 0.4) is 0 Å². The Kier molecular flexibility index (Phi) is 3.11. The minimum atomic E-state index is -2.13. The van der Waals surface area contributed by atoms with Gasteiger partial charge in [-0.3, -0.25) is 9.59 Å². The lowest BCUT2D eigenvalue weighted by molar-refractivity contribution is -0.150. The molecule has 1 aliphatic rings. The van der Waals surface area contributed by atoms with Crippen LogP contribution in [0, 0.1) is 0 Å². The maximum atomic E-state index is 11.1. The van der Waals surface area contributed by atoms with Gasteiger partial charge >= 0.3 is 12.0 Å². The molecule has 1 rings (SSSR count). The zero-order valence-electron chi connectivity index (χ0n) is 8.44. The molecule has 0 aromatic heterocycles. The molecule has 0 spiro atoms. The number of hydrogen-bond donors (Lipinski definition) is 4. The van der Waals surface area contributed by atoms with E-state index in [4.69, 9.17) is 5.11 Å². The Morgan fingerprint density at radius 3 is 2.56 bits per heavy atom. The maximum Gasteiger partial charge on any atom is 0.339 e. The number of aldehydes is 1. The standard InChI is InChI=1S/C8H11N3O5/c1-4(13)11-8(3-12,6(14)15)5-2-9-7(16)10-5/h3,5H,2H2,1H3,(H,11,13)(H,14,15)(H2,9,10,16). The van der Waals surface area contributed by atoms with E-state index in [9.17, 15) is 19.2 Å². The second-order valence-electron chi connectivity index (χ2n) is 3.38. The highest BCUT2D eigenvalue weighted by Gasteiger charge is 2.50. The van der Waals surface area contributed by atoms with Gasteiger partial charge in [0.15, 0.2) is 6.29 Å². The van der Waals surface area contributed by atoms with Gasteiger partial charge in [0.25, 0.3) is 0 Å². The summed E-state index contributed by atoms with van der Waals surface area (Å²) in [5, 5.41) is 15.6. The average Bonchev–Trinajstić information content (AvgIpc) is 2.60. The highest BCUT2D eigenvalue weighted by Crippen LogP contribution is 2.11. The summed E-state index contributed by atoms with van der Waals surface area (Å²) in [6, 6.07) is -1.60. The number of aliphatic carboxylic acids is 1. The zero-order valence-corrected chi connectivity index (χ0v) is 8.44. The van der Waals surface area contributed by atoms with Gasteiger partial charge < -0.3 is 21.1 Å². The van der Waals surface area contributed by atoms with Crippen LogP contribution in [-0.2, 0) is 14.4 Å². The number of carboxylic acids is 1. The van der Waals surface area contributed by atoms with Crippen LogP contribution in [0.4, 0.5) is 4.79 Å². The van der Waals surface area contributed by atoms with Crippen molar-refractivity contribution in [3.05, 3.63) is 0 Å². The summed E-state index contributed by atoms with van der Waals surface area (Å²) in [5.41, 5.74) is -2.13. The first-order valence-corrected chi connectivity index (χ1v) is 4.45. The predicted octanol–water partition coefficient (Wildman–Crippen LogP) is -2.17. The Balaban J connectivity index is 3.01. The van der Waals surface area contributed by atoms with Gasteiger partial charge in [-0.25, -0.2) is 9.59 Å². The van der Waals surface area contributed by atoms with Crippen LogP contribution < -0.4 is 16.0 Å². The number of amides is 3. The van der Waals surface area contributed by atoms with E-state index in [-0.39, 0.29) is 12.8 Å². The molecule has 88 valence electrons. The molecule has 8 heteroatoms. The van der Waals surface area contributed by atoms with Crippen molar-refractivity contribution in [1.29, 1.82) is 0 Å².